The summed E-state index contributed by atoms with van der Waals surface area (Å²) < 4.78 is 2.49. The molecule has 0 atom stereocenters. The summed E-state index contributed by atoms with van der Waals surface area (Å²) in [5.41, 5.74) is 10.1. The highest BCUT2D eigenvalue weighted by Crippen LogP contribution is 2.44. The molecule has 0 saturated carbocycles. The lowest BCUT2D eigenvalue weighted by Crippen LogP contribution is -2.10. The van der Waals surface area contributed by atoms with Gasteiger partial charge < -0.3 is 4.57 Å². The van der Waals surface area contributed by atoms with Gasteiger partial charge in [0.1, 0.15) is 0 Å². The Bertz CT molecular complexity index is 1380. The first-order valence-electron chi connectivity index (χ1n) is 10.9. The maximum Gasteiger partial charge on any atom is 0.0791 e. The Hall–Kier alpha value is -3.39. The van der Waals surface area contributed by atoms with Crippen molar-refractivity contribution >= 4 is 21.8 Å². The van der Waals surface area contributed by atoms with E-state index in [1.807, 2.05) is 0 Å². The fraction of sp³-hybridized carbons (Fsp3) is 0.179. The largest absolute Gasteiger partial charge is 0.339 e. The van der Waals surface area contributed by atoms with Gasteiger partial charge >= 0.3 is 0 Å². The van der Waals surface area contributed by atoms with Gasteiger partial charge in [-0.2, -0.15) is 0 Å². The fourth-order valence-corrected chi connectivity index (χ4v) is 5.02. The number of pyridine rings is 1. The van der Waals surface area contributed by atoms with Gasteiger partial charge in [0.05, 0.1) is 16.9 Å². The summed E-state index contributed by atoms with van der Waals surface area (Å²) in [5.74, 6) is 0. The molecule has 0 amide bonds. The molecule has 1 aliphatic heterocycles. The molecule has 3 heterocycles. The number of para-hydroxylation sites is 1. The van der Waals surface area contributed by atoms with Crippen LogP contribution in [-0.2, 0) is 19.4 Å². The molecule has 0 bridgehead atoms. The number of aryl methyl sites for hydroxylation is 3. The minimum Gasteiger partial charge on any atom is -0.339 e. The summed E-state index contributed by atoms with van der Waals surface area (Å²) in [6, 6.07) is 28.6. The molecule has 0 N–H and O–H groups in total. The summed E-state index contributed by atoms with van der Waals surface area (Å²) in [6.45, 7) is 3.27. The Kier molecular flexibility index (Phi) is 3.98. The Labute approximate surface area is 176 Å². The molecule has 5 aromatic rings. The Morgan fingerprint density at radius 2 is 1.60 bits per heavy atom. The normalized spacial score (nSPS) is 13.2. The van der Waals surface area contributed by atoms with Crippen LogP contribution < -0.4 is 0 Å². The summed E-state index contributed by atoms with van der Waals surface area (Å²) in [7, 11) is 0. The average Bonchev–Trinajstić information content (AvgIpc) is 3.16. The summed E-state index contributed by atoms with van der Waals surface area (Å²) >= 11 is 0. The molecule has 2 aromatic heterocycles. The van der Waals surface area contributed by atoms with E-state index >= 15 is 0 Å². The van der Waals surface area contributed by atoms with Crippen molar-refractivity contribution in [3.63, 3.8) is 0 Å². The predicted octanol–water partition coefficient (Wildman–Crippen LogP) is 7.03. The van der Waals surface area contributed by atoms with Crippen molar-refractivity contribution in [2.75, 3.05) is 0 Å². The number of hydrogen-bond acceptors (Lipinski definition) is 1. The molecule has 2 nitrogen and oxygen atoms in total. The van der Waals surface area contributed by atoms with Crippen LogP contribution in [0.25, 0.3) is 44.2 Å². The number of fused-ring (bicyclic) bond motifs is 3. The molecule has 0 saturated heterocycles. The standard InChI is InChI=1S/C28H24N2/c1-2-19-14-16-21(17-15-19)27-25(20-9-4-3-5-10-20)26-22-11-6-7-13-24(22)30-18-8-12-23(29-27)28(26)30/h3-7,9-11,13-17H,2,8,12,18H2,1H3. The highest BCUT2D eigenvalue weighted by molar-refractivity contribution is 6.18. The maximum atomic E-state index is 5.31. The van der Waals surface area contributed by atoms with Crippen molar-refractivity contribution in [1.82, 2.24) is 9.55 Å². The van der Waals surface area contributed by atoms with E-state index in [-0.39, 0.29) is 0 Å². The van der Waals surface area contributed by atoms with E-state index in [0.717, 1.165) is 31.5 Å². The van der Waals surface area contributed by atoms with E-state index in [1.54, 1.807) is 0 Å². The molecule has 6 rings (SSSR count). The molecule has 0 unspecified atom stereocenters. The molecule has 3 aromatic carbocycles. The smallest absolute Gasteiger partial charge is 0.0791 e. The molecule has 0 spiro atoms. The van der Waals surface area contributed by atoms with Gasteiger partial charge in [-0.25, -0.2) is 4.98 Å². The summed E-state index contributed by atoms with van der Waals surface area (Å²) in [5, 5.41) is 2.69. The maximum absolute atomic E-state index is 5.31. The lowest BCUT2D eigenvalue weighted by atomic mass is 9.92. The van der Waals surface area contributed by atoms with Crippen LogP contribution >= 0.6 is 0 Å². The number of hydrogen-bond donors (Lipinski definition) is 0. The van der Waals surface area contributed by atoms with E-state index < -0.39 is 0 Å². The third-order valence-corrected chi connectivity index (χ3v) is 6.47. The first-order valence-corrected chi connectivity index (χ1v) is 10.9. The van der Waals surface area contributed by atoms with Gasteiger partial charge in [0.25, 0.3) is 0 Å². The zero-order valence-corrected chi connectivity index (χ0v) is 17.2. The monoisotopic (exact) mass is 388 g/mol. The summed E-state index contributed by atoms with van der Waals surface area (Å²) in [6.07, 6.45) is 3.24. The van der Waals surface area contributed by atoms with Gasteiger partial charge in [-0.15, -0.1) is 0 Å². The zero-order chi connectivity index (χ0) is 20.1. The number of aromatic nitrogens is 2. The van der Waals surface area contributed by atoms with E-state index in [2.05, 4.69) is 90.4 Å². The van der Waals surface area contributed by atoms with E-state index in [1.165, 1.54) is 49.8 Å². The SMILES string of the molecule is CCc1ccc(-c2nc3c4c(c2-c2ccccc2)c2ccccc2n4CCC3)cc1. The van der Waals surface area contributed by atoms with Gasteiger partial charge in [0, 0.05) is 34.0 Å². The molecular formula is C28H24N2. The Morgan fingerprint density at radius 3 is 2.40 bits per heavy atom. The minimum atomic E-state index is 1.04. The van der Waals surface area contributed by atoms with Crippen molar-refractivity contribution < 1.29 is 0 Å². The molecule has 0 aliphatic carbocycles. The van der Waals surface area contributed by atoms with Gasteiger partial charge in [0.15, 0.2) is 0 Å². The average molecular weight is 389 g/mol. The van der Waals surface area contributed by atoms with Crippen molar-refractivity contribution in [3.05, 3.63) is 90.1 Å². The quantitative estimate of drug-likeness (QED) is 0.324. The second-order valence-electron chi connectivity index (χ2n) is 8.19. The molecule has 30 heavy (non-hydrogen) atoms. The molecular weight excluding hydrogens is 364 g/mol. The van der Waals surface area contributed by atoms with Crippen LogP contribution in [0.3, 0.4) is 0 Å². The van der Waals surface area contributed by atoms with Crippen LogP contribution in [0.2, 0.25) is 0 Å². The van der Waals surface area contributed by atoms with Crippen LogP contribution in [-0.4, -0.2) is 9.55 Å². The van der Waals surface area contributed by atoms with Crippen LogP contribution in [0.1, 0.15) is 24.6 Å². The Balaban J connectivity index is 1.79. The first kappa shape index (κ1) is 17.5. The molecule has 2 heteroatoms. The first-order chi connectivity index (χ1) is 14.8. The Morgan fingerprint density at radius 1 is 0.833 bits per heavy atom. The number of benzene rings is 3. The van der Waals surface area contributed by atoms with Gasteiger partial charge in [-0.1, -0.05) is 79.7 Å². The second-order valence-corrected chi connectivity index (χ2v) is 8.19. The van der Waals surface area contributed by atoms with Gasteiger partial charge in [-0.3, -0.25) is 0 Å². The molecule has 0 fully saturated rings. The lowest BCUT2D eigenvalue weighted by Gasteiger charge is -2.20. The third kappa shape index (κ3) is 2.53. The van der Waals surface area contributed by atoms with Crippen LogP contribution in [0.15, 0.2) is 78.9 Å². The van der Waals surface area contributed by atoms with Crippen molar-refractivity contribution in [1.29, 1.82) is 0 Å². The van der Waals surface area contributed by atoms with E-state index in [0.29, 0.717) is 0 Å². The lowest BCUT2D eigenvalue weighted by molar-refractivity contribution is 0.641. The third-order valence-electron chi connectivity index (χ3n) is 6.47. The second kappa shape index (κ2) is 6.84. The number of nitrogens with zero attached hydrogens (tertiary/aromatic N) is 2. The van der Waals surface area contributed by atoms with E-state index in [9.17, 15) is 0 Å². The molecule has 146 valence electrons. The van der Waals surface area contributed by atoms with Gasteiger partial charge in [0.2, 0.25) is 0 Å². The van der Waals surface area contributed by atoms with Gasteiger partial charge in [-0.05, 0) is 36.5 Å². The fourth-order valence-electron chi connectivity index (χ4n) is 5.02. The molecule has 0 radical (unpaired) electrons. The molecule has 1 aliphatic rings. The van der Waals surface area contributed by atoms with Crippen molar-refractivity contribution in [2.24, 2.45) is 0 Å². The highest BCUT2D eigenvalue weighted by Gasteiger charge is 2.25. The van der Waals surface area contributed by atoms with Crippen LogP contribution in [0, 0.1) is 0 Å². The topological polar surface area (TPSA) is 17.8 Å². The predicted molar refractivity (Wildman–Crippen MR) is 126 cm³/mol. The van der Waals surface area contributed by atoms with Crippen LogP contribution in [0.4, 0.5) is 0 Å². The zero-order valence-electron chi connectivity index (χ0n) is 17.2. The minimum absolute atomic E-state index is 1.04. The van der Waals surface area contributed by atoms with Crippen LogP contribution in [0.5, 0.6) is 0 Å². The highest BCUT2D eigenvalue weighted by atomic mass is 15.0. The summed E-state index contributed by atoms with van der Waals surface area (Å²) in [4.78, 5) is 5.31. The van der Waals surface area contributed by atoms with Crippen molar-refractivity contribution in [2.45, 2.75) is 32.7 Å². The van der Waals surface area contributed by atoms with E-state index in [4.69, 9.17) is 4.98 Å². The number of rotatable bonds is 3. The van der Waals surface area contributed by atoms with Crippen molar-refractivity contribution in [3.8, 4) is 22.4 Å².